The van der Waals surface area contributed by atoms with Crippen molar-refractivity contribution < 1.29 is 14.4 Å². The van der Waals surface area contributed by atoms with Crippen molar-refractivity contribution in [1.29, 1.82) is 0 Å². The second-order valence-electron chi connectivity index (χ2n) is 7.12. The van der Waals surface area contributed by atoms with Crippen LogP contribution in [-0.4, -0.2) is 65.9 Å². The standard InChI is InChI=1S/C17H28N4O3/c22-15(8-7-14-16(23)19-17(24)18-14)21-10-4-9-20(11-12-21)13-5-2-1-3-6-13/h13-14H,1-12H2,(H2,18,19,23,24)/t14-/m0/s1. The fourth-order valence-electron chi connectivity index (χ4n) is 4.09. The normalized spacial score (nSPS) is 26.8. The predicted molar refractivity (Wildman–Crippen MR) is 89.3 cm³/mol. The zero-order valence-corrected chi connectivity index (χ0v) is 14.3. The Labute approximate surface area is 143 Å². The lowest BCUT2D eigenvalue weighted by atomic mass is 9.94. The van der Waals surface area contributed by atoms with Crippen molar-refractivity contribution in [2.75, 3.05) is 26.2 Å². The Balaban J connectivity index is 1.44. The molecule has 1 aliphatic carbocycles. The van der Waals surface area contributed by atoms with Crippen molar-refractivity contribution in [3.63, 3.8) is 0 Å². The summed E-state index contributed by atoms with van der Waals surface area (Å²) in [6.45, 7) is 3.61. The average Bonchev–Trinajstić information content (AvgIpc) is 2.79. The Hall–Kier alpha value is -1.63. The molecule has 1 saturated carbocycles. The van der Waals surface area contributed by atoms with Gasteiger partial charge in [0.05, 0.1) is 0 Å². The zero-order chi connectivity index (χ0) is 16.9. The van der Waals surface area contributed by atoms with E-state index in [1.807, 2.05) is 4.90 Å². The molecule has 2 saturated heterocycles. The Morgan fingerprint density at radius 1 is 1.00 bits per heavy atom. The highest BCUT2D eigenvalue weighted by Crippen LogP contribution is 2.23. The average molecular weight is 336 g/mol. The monoisotopic (exact) mass is 336 g/mol. The Bertz CT molecular complexity index is 490. The molecule has 2 aliphatic heterocycles. The molecule has 3 rings (SSSR count). The number of urea groups is 1. The molecule has 2 heterocycles. The summed E-state index contributed by atoms with van der Waals surface area (Å²) in [5.74, 6) is -0.235. The van der Waals surface area contributed by atoms with E-state index in [0.717, 1.165) is 32.6 Å². The van der Waals surface area contributed by atoms with Crippen molar-refractivity contribution in [3.05, 3.63) is 0 Å². The number of carbonyl (C=O) groups is 3. The van der Waals surface area contributed by atoms with Crippen LogP contribution in [0.3, 0.4) is 0 Å². The summed E-state index contributed by atoms with van der Waals surface area (Å²) in [7, 11) is 0. The van der Waals surface area contributed by atoms with Crippen molar-refractivity contribution >= 4 is 17.8 Å². The third-order valence-electron chi connectivity index (χ3n) is 5.48. The van der Waals surface area contributed by atoms with E-state index < -0.39 is 12.1 Å². The zero-order valence-electron chi connectivity index (χ0n) is 14.3. The highest BCUT2D eigenvalue weighted by atomic mass is 16.2. The third-order valence-corrected chi connectivity index (χ3v) is 5.48. The quantitative estimate of drug-likeness (QED) is 0.746. The molecule has 134 valence electrons. The number of nitrogens with one attached hydrogen (secondary N) is 2. The number of rotatable bonds is 4. The van der Waals surface area contributed by atoms with Crippen LogP contribution in [0.25, 0.3) is 0 Å². The van der Waals surface area contributed by atoms with Crippen molar-refractivity contribution in [1.82, 2.24) is 20.4 Å². The molecule has 24 heavy (non-hydrogen) atoms. The minimum atomic E-state index is -0.563. The largest absolute Gasteiger partial charge is 0.341 e. The molecular weight excluding hydrogens is 308 g/mol. The fourth-order valence-corrected chi connectivity index (χ4v) is 4.09. The molecule has 3 fully saturated rings. The van der Waals surface area contributed by atoms with Crippen LogP contribution in [0, 0.1) is 0 Å². The van der Waals surface area contributed by atoms with Crippen LogP contribution >= 0.6 is 0 Å². The summed E-state index contributed by atoms with van der Waals surface area (Å²) < 4.78 is 0. The number of hydrogen-bond donors (Lipinski definition) is 2. The molecule has 7 heteroatoms. The summed E-state index contributed by atoms with van der Waals surface area (Å²) in [5, 5.41) is 4.75. The van der Waals surface area contributed by atoms with Gasteiger partial charge in [-0.05, 0) is 25.7 Å². The third kappa shape index (κ3) is 4.26. The van der Waals surface area contributed by atoms with Crippen LogP contribution in [0.15, 0.2) is 0 Å². The second kappa shape index (κ2) is 7.96. The summed E-state index contributed by atoms with van der Waals surface area (Å²) in [6.07, 6.45) is 8.32. The first-order valence-electron chi connectivity index (χ1n) is 9.26. The molecule has 0 spiro atoms. The first kappa shape index (κ1) is 17.2. The molecular formula is C17H28N4O3. The smallest absolute Gasteiger partial charge is 0.322 e. The molecule has 0 aromatic rings. The topological polar surface area (TPSA) is 81.8 Å². The lowest BCUT2D eigenvalue weighted by molar-refractivity contribution is -0.131. The molecule has 1 atom stereocenters. The first-order valence-corrected chi connectivity index (χ1v) is 9.26. The van der Waals surface area contributed by atoms with Crippen LogP contribution in [-0.2, 0) is 9.59 Å². The molecule has 3 aliphatic rings. The Morgan fingerprint density at radius 2 is 1.79 bits per heavy atom. The van der Waals surface area contributed by atoms with Gasteiger partial charge in [0.25, 0.3) is 5.91 Å². The number of imide groups is 1. The van der Waals surface area contributed by atoms with E-state index in [2.05, 4.69) is 15.5 Å². The minimum absolute atomic E-state index is 0.0921. The fraction of sp³-hybridized carbons (Fsp3) is 0.824. The van der Waals surface area contributed by atoms with Crippen LogP contribution in [0.1, 0.15) is 51.4 Å². The molecule has 4 amide bonds. The summed E-state index contributed by atoms with van der Waals surface area (Å²) >= 11 is 0. The van der Waals surface area contributed by atoms with Gasteiger partial charge in [0, 0.05) is 38.6 Å². The second-order valence-corrected chi connectivity index (χ2v) is 7.12. The number of amides is 4. The van der Waals surface area contributed by atoms with Crippen LogP contribution < -0.4 is 10.6 Å². The van der Waals surface area contributed by atoms with E-state index in [1.54, 1.807) is 0 Å². The van der Waals surface area contributed by atoms with Crippen LogP contribution in [0.4, 0.5) is 4.79 Å². The van der Waals surface area contributed by atoms with Crippen molar-refractivity contribution in [3.8, 4) is 0 Å². The Morgan fingerprint density at radius 3 is 2.50 bits per heavy atom. The van der Waals surface area contributed by atoms with Gasteiger partial charge >= 0.3 is 6.03 Å². The molecule has 0 radical (unpaired) electrons. The summed E-state index contributed by atoms with van der Waals surface area (Å²) in [5.41, 5.74) is 0. The van der Waals surface area contributed by atoms with Crippen molar-refractivity contribution in [2.45, 2.75) is 63.5 Å². The van der Waals surface area contributed by atoms with E-state index in [4.69, 9.17) is 0 Å². The van der Waals surface area contributed by atoms with Gasteiger partial charge < -0.3 is 10.2 Å². The molecule has 2 N–H and O–H groups in total. The van der Waals surface area contributed by atoms with E-state index in [-0.39, 0.29) is 11.8 Å². The van der Waals surface area contributed by atoms with Gasteiger partial charge in [-0.15, -0.1) is 0 Å². The maximum atomic E-state index is 12.4. The van der Waals surface area contributed by atoms with Gasteiger partial charge in [-0.3, -0.25) is 19.8 Å². The molecule has 7 nitrogen and oxygen atoms in total. The number of nitrogens with zero attached hydrogens (tertiary/aromatic N) is 2. The SMILES string of the molecule is O=C1NC(=O)[C@H](CCC(=O)N2CCCN(C3CCCCC3)CC2)N1. The minimum Gasteiger partial charge on any atom is -0.341 e. The maximum absolute atomic E-state index is 12.4. The number of hydrogen-bond acceptors (Lipinski definition) is 4. The molecule has 0 aromatic carbocycles. The highest BCUT2D eigenvalue weighted by Gasteiger charge is 2.30. The van der Waals surface area contributed by atoms with Gasteiger partial charge in [-0.1, -0.05) is 19.3 Å². The number of carbonyl (C=O) groups excluding carboxylic acids is 3. The van der Waals surface area contributed by atoms with Gasteiger partial charge in [-0.25, -0.2) is 4.79 Å². The highest BCUT2D eigenvalue weighted by molar-refractivity contribution is 6.04. The molecule has 0 aromatic heterocycles. The van der Waals surface area contributed by atoms with Gasteiger partial charge in [0.2, 0.25) is 5.91 Å². The van der Waals surface area contributed by atoms with E-state index >= 15 is 0 Å². The summed E-state index contributed by atoms with van der Waals surface area (Å²) in [6, 6.07) is -0.325. The van der Waals surface area contributed by atoms with Gasteiger partial charge in [-0.2, -0.15) is 0 Å². The van der Waals surface area contributed by atoms with Gasteiger partial charge in [0.1, 0.15) is 6.04 Å². The predicted octanol–water partition coefficient (Wildman–Crippen LogP) is 0.842. The van der Waals surface area contributed by atoms with E-state index in [1.165, 1.54) is 32.1 Å². The van der Waals surface area contributed by atoms with Crippen LogP contribution in [0.5, 0.6) is 0 Å². The lowest BCUT2D eigenvalue weighted by Gasteiger charge is -2.33. The van der Waals surface area contributed by atoms with Gasteiger partial charge in [0.15, 0.2) is 0 Å². The van der Waals surface area contributed by atoms with E-state index in [9.17, 15) is 14.4 Å². The molecule has 0 unspecified atom stereocenters. The van der Waals surface area contributed by atoms with E-state index in [0.29, 0.717) is 18.9 Å². The molecule has 0 bridgehead atoms. The maximum Gasteiger partial charge on any atom is 0.322 e. The van der Waals surface area contributed by atoms with Crippen molar-refractivity contribution in [2.24, 2.45) is 0 Å². The Kier molecular flexibility index (Phi) is 5.71. The summed E-state index contributed by atoms with van der Waals surface area (Å²) in [4.78, 5) is 39.6. The lowest BCUT2D eigenvalue weighted by Crippen LogP contribution is -2.40. The van der Waals surface area contributed by atoms with Crippen LogP contribution in [0.2, 0.25) is 0 Å². The first-order chi connectivity index (χ1) is 11.6.